The Bertz CT molecular complexity index is 430. The Balaban J connectivity index is 1.66. The van der Waals surface area contributed by atoms with E-state index in [4.69, 9.17) is 4.74 Å². The molecular formula is C15H21FN2O2. The van der Waals surface area contributed by atoms with Crippen molar-refractivity contribution in [2.75, 3.05) is 13.2 Å². The summed E-state index contributed by atoms with van der Waals surface area (Å²) in [5.41, 5.74) is 0.881. The molecule has 1 amide bonds. The van der Waals surface area contributed by atoms with E-state index in [1.807, 2.05) is 6.92 Å². The Morgan fingerprint density at radius 1 is 1.45 bits per heavy atom. The highest BCUT2D eigenvalue weighted by molar-refractivity contribution is 5.78. The number of hydrogen-bond donors (Lipinski definition) is 2. The van der Waals surface area contributed by atoms with E-state index in [1.165, 1.54) is 12.1 Å². The van der Waals surface area contributed by atoms with Crippen LogP contribution in [0, 0.1) is 5.82 Å². The molecule has 0 aromatic heterocycles. The summed E-state index contributed by atoms with van der Waals surface area (Å²) in [6.45, 7) is 3.52. The van der Waals surface area contributed by atoms with E-state index in [0.717, 1.165) is 25.0 Å². The van der Waals surface area contributed by atoms with Crippen LogP contribution < -0.4 is 10.6 Å². The predicted molar refractivity (Wildman–Crippen MR) is 74.7 cm³/mol. The van der Waals surface area contributed by atoms with Crippen LogP contribution in [0.25, 0.3) is 0 Å². The van der Waals surface area contributed by atoms with Gasteiger partial charge in [-0.25, -0.2) is 4.39 Å². The Labute approximate surface area is 118 Å². The predicted octanol–water partition coefficient (Wildman–Crippen LogP) is 1.60. The molecule has 1 saturated heterocycles. The molecule has 2 unspecified atom stereocenters. The van der Waals surface area contributed by atoms with Gasteiger partial charge in [0, 0.05) is 19.2 Å². The molecule has 0 bridgehead atoms. The second kappa shape index (κ2) is 7.36. The van der Waals surface area contributed by atoms with Crippen molar-refractivity contribution in [1.82, 2.24) is 10.6 Å². The minimum absolute atomic E-state index is 0.0702. The van der Waals surface area contributed by atoms with Gasteiger partial charge in [0.25, 0.3) is 0 Å². The lowest BCUT2D eigenvalue weighted by Crippen LogP contribution is -2.42. The van der Waals surface area contributed by atoms with Crippen molar-refractivity contribution >= 4 is 5.91 Å². The molecule has 0 aliphatic carbocycles. The Hall–Kier alpha value is -1.46. The first-order valence-corrected chi connectivity index (χ1v) is 7.01. The van der Waals surface area contributed by atoms with Gasteiger partial charge in [-0.2, -0.15) is 0 Å². The standard InChI is InChI=1S/C15H21FN2O2/c1-11(14-3-2-8-20-14)17-10-15(19)18-9-12-4-6-13(16)7-5-12/h4-7,11,14,17H,2-3,8-10H2,1H3,(H,18,19). The summed E-state index contributed by atoms with van der Waals surface area (Å²) in [5, 5.41) is 5.97. The number of hydrogen-bond acceptors (Lipinski definition) is 3. The van der Waals surface area contributed by atoms with Gasteiger partial charge in [0.05, 0.1) is 12.6 Å². The van der Waals surface area contributed by atoms with Crippen molar-refractivity contribution in [1.29, 1.82) is 0 Å². The lowest BCUT2D eigenvalue weighted by Gasteiger charge is -2.19. The summed E-state index contributed by atoms with van der Waals surface area (Å²) < 4.78 is 18.3. The first-order chi connectivity index (χ1) is 9.65. The highest BCUT2D eigenvalue weighted by Crippen LogP contribution is 2.15. The van der Waals surface area contributed by atoms with Gasteiger partial charge < -0.3 is 15.4 Å². The number of rotatable bonds is 6. The summed E-state index contributed by atoms with van der Waals surface area (Å²) in [7, 11) is 0. The summed E-state index contributed by atoms with van der Waals surface area (Å²) in [6, 6.07) is 6.28. The molecule has 2 N–H and O–H groups in total. The molecule has 0 saturated carbocycles. The van der Waals surface area contributed by atoms with Gasteiger partial charge in [-0.3, -0.25) is 4.79 Å². The molecule has 1 aromatic rings. The van der Waals surface area contributed by atoms with Gasteiger partial charge in [0.15, 0.2) is 0 Å². The molecule has 1 aliphatic heterocycles. The minimum atomic E-state index is -0.271. The number of nitrogens with one attached hydrogen (secondary N) is 2. The third kappa shape index (κ3) is 4.58. The van der Waals surface area contributed by atoms with Crippen LogP contribution in [-0.4, -0.2) is 31.2 Å². The Morgan fingerprint density at radius 2 is 2.20 bits per heavy atom. The van der Waals surface area contributed by atoms with Gasteiger partial charge in [0.1, 0.15) is 5.82 Å². The molecule has 0 radical (unpaired) electrons. The van der Waals surface area contributed by atoms with Crippen LogP contribution in [0.3, 0.4) is 0 Å². The smallest absolute Gasteiger partial charge is 0.234 e. The molecular weight excluding hydrogens is 259 g/mol. The van der Waals surface area contributed by atoms with Crippen LogP contribution >= 0.6 is 0 Å². The van der Waals surface area contributed by atoms with Crippen LogP contribution in [0.15, 0.2) is 24.3 Å². The van der Waals surface area contributed by atoms with Gasteiger partial charge in [-0.1, -0.05) is 12.1 Å². The molecule has 0 spiro atoms. The topological polar surface area (TPSA) is 50.4 Å². The number of carbonyl (C=O) groups excluding carboxylic acids is 1. The molecule has 20 heavy (non-hydrogen) atoms. The molecule has 2 atom stereocenters. The Morgan fingerprint density at radius 3 is 2.85 bits per heavy atom. The lowest BCUT2D eigenvalue weighted by molar-refractivity contribution is -0.120. The zero-order chi connectivity index (χ0) is 14.4. The lowest BCUT2D eigenvalue weighted by atomic mass is 10.1. The average molecular weight is 280 g/mol. The number of carbonyl (C=O) groups is 1. The first-order valence-electron chi connectivity index (χ1n) is 7.01. The number of amides is 1. The fraction of sp³-hybridized carbons (Fsp3) is 0.533. The quantitative estimate of drug-likeness (QED) is 0.832. The van der Waals surface area contributed by atoms with Crippen LogP contribution in [0.1, 0.15) is 25.3 Å². The molecule has 110 valence electrons. The van der Waals surface area contributed by atoms with Crippen LogP contribution in [0.2, 0.25) is 0 Å². The molecule has 1 aliphatic rings. The molecule has 1 heterocycles. The summed E-state index contributed by atoms with van der Waals surface area (Å²) in [5.74, 6) is -0.341. The molecule has 1 aromatic carbocycles. The minimum Gasteiger partial charge on any atom is -0.377 e. The summed E-state index contributed by atoms with van der Waals surface area (Å²) in [4.78, 5) is 11.7. The van der Waals surface area contributed by atoms with Gasteiger partial charge >= 0.3 is 0 Å². The first kappa shape index (κ1) is 14.9. The number of benzene rings is 1. The fourth-order valence-corrected chi connectivity index (χ4v) is 2.25. The van der Waals surface area contributed by atoms with Crippen LogP contribution in [0.4, 0.5) is 4.39 Å². The molecule has 1 fully saturated rings. The average Bonchev–Trinajstić information content (AvgIpc) is 2.98. The SMILES string of the molecule is CC(NCC(=O)NCc1ccc(F)cc1)C1CCCO1. The molecule has 4 nitrogen and oxygen atoms in total. The maximum Gasteiger partial charge on any atom is 0.234 e. The summed E-state index contributed by atoms with van der Waals surface area (Å²) in [6.07, 6.45) is 2.35. The highest BCUT2D eigenvalue weighted by Gasteiger charge is 2.22. The van der Waals surface area contributed by atoms with Crippen molar-refractivity contribution in [3.05, 3.63) is 35.6 Å². The third-order valence-corrected chi connectivity index (χ3v) is 3.51. The fourth-order valence-electron chi connectivity index (χ4n) is 2.25. The van der Waals surface area contributed by atoms with E-state index in [0.29, 0.717) is 6.54 Å². The number of ether oxygens (including phenoxy) is 1. The molecule has 2 rings (SSSR count). The zero-order valence-corrected chi connectivity index (χ0v) is 11.7. The molecule has 5 heteroatoms. The highest BCUT2D eigenvalue weighted by atomic mass is 19.1. The van der Waals surface area contributed by atoms with Crippen molar-refractivity contribution in [2.24, 2.45) is 0 Å². The van der Waals surface area contributed by atoms with Crippen LogP contribution in [0.5, 0.6) is 0 Å². The third-order valence-electron chi connectivity index (χ3n) is 3.51. The van der Waals surface area contributed by atoms with E-state index in [2.05, 4.69) is 10.6 Å². The maximum absolute atomic E-state index is 12.7. The van der Waals surface area contributed by atoms with Crippen molar-refractivity contribution < 1.29 is 13.9 Å². The van der Waals surface area contributed by atoms with Gasteiger partial charge in [-0.15, -0.1) is 0 Å². The van der Waals surface area contributed by atoms with Crippen molar-refractivity contribution in [2.45, 2.75) is 38.5 Å². The van der Waals surface area contributed by atoms with Crippen LogP contribution in [-0.2, 0) is 16.1 Å². The maximum atomic E-state index is 12.7. The summed E-state index contributed by atoms with van der Waals surface area (Å²) >= 11 is 0. The Kier molecular flexibility index (Phi) is 5.49. The second-order valence-electron chi connectivity index (χ2n) is 5.12. The van der Waals surface area contributed by atoms with E-state index in [-0.39, 0.29) is 30.4 Å². The van der Waals surface area contributed by atoms with E-state index in [1.54, 1.807) is 12.1 Å². The second-order valence-corrected chi connectivity index (χ2v) is 5.12. The normalized spacial score (nSPS) is 19.8. The van der Waals surface area contributed by atoms with E-state index < -0.39 is 0 Å². The number of halogens is 1. The monoisotopic (exact) mass is 280 g/mol. The van der Waals surface area contributed by atoms with E-state index >= 15 is 0 Å². The van der Waals surface area contributed by atoms with Gasteiger partial charge in [0.2, 0.25) is 5.91 Å². The van der Waals surface area contributed by atoms with Crippen molar-refractivity contribution in [3.63, 3.8) is 0 Å². The van der Waals surface area contributed by atoms with Gasteiger partial charge in [-0.05, 0) is 37.5 Å². The van der Waals surface area contributed by atoms with E-state index in [9.17, 15) is 9.18 Å². The van der Waals surface area contributed by atoms with Crippen molar-refractivity contribution in [3.8, 4) is 0 Å². The largest absolute Gasteiger partial charge is 0.377 e. The zero-order valence-electron chi connectivity index (χ0n) is 11.7.